The molecule has 0 spiro atoms. The van der Waals surface area contributed by atoms with Gasteiger partial charge in [0.15, 0.2) is 6.61 Å². The number of hydrogen-bond donors (Lipinski definition) is 1. The molecule has 0 unspecified atom stereocenters. The molecular formula is C14H17BrN2O4S. The maximum Gasteiger partial charge on any atom is 0.262 e. The summed E-state index contributed by atoms with van der Waals surface area (Å²) in [5.74, 6) is 0.124. The molecule has 0 saturated heterocycles. The first-order chi connectivity index (χ1) is 10.4. The Hall–Kier alpha value is -1.12. The minimum Gasteiger partial charge on any atom is -0.482 e. The van der Waals surface area contributed by atoms with Gasteiger partial charge < -0.3 is 10.1 Å². The maximum atomic E-state index is 12.8. The van der Waals surface area contributed by atoms with Crippen LogP contribution < -0.4 is 10.1 Å². The fourth-order valence-electron chi connectivity index (χ4n) is 2.90. The van der Waals surface area contributed by atoms with Crippen LogP contribution in [-0.4, -0.2) is 38.3 Å². The Morgan fingerprint density at radius 3 is 2.68 bits per heavy atom. The number of rotatable bonds is 3. The van der Waals surface area contributed by atoms with E-state index in [1.165, 1.54) is 10.4 Å². The van der Waals surface area contributed by atoms with Crippen LogP contribution in [0.2, 0.25) is 0 Å². The van der Waals surface area contributed by atoms with Crippen molar-refractivity contribution in [3.05, 3.63) is 16.6 Å². The number of benzene rings is 1. The second kappa shape index (κ2) is 5.82. The number of hydrogen-bond acceptors (Lipinski definition) is 4. The normalized spacial score (nSPS) is 19.0. The number of nitrogens with zero attached hydrogens (tertiary/aromatic N) is 1. The van der Waals surface area contributed by atoms with Crippen LogP contribution in [0.5, 0.6) is 5.75 Å². The van der Waals surface area contributed by atoms with Crippen LogP contribution in [0.1, 0.15) is 25.7 Å². The number of halogens is 1. The summed E-state index contributed by atoms with van der Waals surface area (Å²) in [6.45, 7) is -0.105. The molecule has 1 aliphatic heterocycles. The molecule has 22 heavy (non-hydrogen) atoms. The summed E-state index contributed by atoms with van der Waals surface area (Å²) < 4.78 is 32.9. The van der Waals surface area contributed by atoms with Gasteiger partial charge in [0.05, 0.1) is 5.69 Å². The smallest absolute Gasteiger partial charge is 0.262 e. The molecule has 0 atom stereocenters. The number of sulfonamides is 1. The number of ether oxygens (including phenoxy) is 1. The molecule has 1 fully saturated rings. The van der Waals surface area contributed by atoms with E-state index in [4.69, 9.17) is 4.74 Å². The van der Waals surface area contributed by atoms with Gasteiger partial charge in [-0.15, -0.1) is 0 Å². The molecule has 120 valence electrons. The lowest BCUT2D eigenvalue weighted by atomic mass is 10.2. The second-order valence-corrected chi connectivity index (χ2v) is 8.40. The molecule has 0 aromatic heterocycles. The topological polar surface area (TPSA) is 75.7 Å². The molecule has 1 saturated carbocycles. The first-order valence-corrected chi connectivity index (χ1v) is 9.37. The molecule has 1 amide bonds. The number of fused-ring (bicyclic) bond motifs is 1. The molecule has 6 nitrogen and oxygen atoms in total. The largest absolute Gasteiger partial charge is 0.482 e. The van der Waals surface area contributed by atoms with Gasteiger partial charge in [0, 0.05) is 23.6 Å². The van der Waals surface area contributed by atoms with E-state index in [-0.39, 0.29) is 23.5 Å². The third kappa shape index (κ3) is 2.75. The predicted molar refractivity (Wildman–Crippen MR) is 85.5 cm³/mol. The molecular weight excluding hydrogens is 372 g/mol. The van der Waals surface area contributed by atoms with Crippen molar-refractivity contribution < 1.29 is 17.9 Å². The third-order valence-corrected chi connectivity index (χ3v) is 7.03. The zero-order valence-corrected chi connectivity index (χ0v) is 14.5. The maximum absolute atomic E-state index is 12.8. The van der Waals surface area contributed by atoms with Crippen LogP contribution in [-0.2, 0) is 14.8 Å². The van der Waals surface area contributed by atoms with Crippen molar-refractivity contribution >= 4 is 37.5 Å². The lowest BCUT2D eigenvalue weighted by Crippen LogP contribution is -2.35. The summed E-state index contributed by atoms with van der Waals surface area (Å²) in [6, 6.07) is 3.09. The number of amides is 1. The third-order valence-electron chi connectivity index (χ3n) is 4.16. The second-order valence-electron chi connectivity index (χ2n) is 5.58. The van der Waals surface area contributed by atoms with Crippen LogP contribution in [0.4, 0.5) is 5.69 Å². The van der Waals surface area contributed by atoms with Gasteiger partial charge in [0.2, 0.25) is 10.0 Å². The van der Waals surface area contributed by atoms with Crippen LogP contribution >= 0.6 is 15.9 Å². The lowest BCUT2D eigenvalue weighted by Gasteiger charge is -2.25. The monoisotopic (exact) mass is 388 g/mol. The van der Waals surface area contributed by atoms with Gasteiger partial charge in [0.1, 0.15) is 10.6 Å². The van der Waals surface area contributed by atoms with Crippen molar-refractivity contribution in [1.82, 2.24) is 4.31 Å². The van der Waals surface area contributed by atoms with Crippen molar-refractivity contribution in [2.24, 2.45) is 0 Å². The summed E-state index contributed by atoms with van der Waals surface area (Å²) in [7, 11) is -1.98. The SMILES string of the molecule is CN(C1CCCC1)S(=O)(=O)c1cc2c(cc1Br)NC(=O)CO2. The molecule has 0 bridgehead atoms. The highest BCUT2D eigenvalue weighted by molar-refractivity contribution is 9.10. The molecule has 3 rings (SSSR count). The van der Waals surface area contributed by atoms with Crippen molar-refractivity contribution in [1.29, 1.82) is 0 Å². The number of nitrogens with one attached hydrogen (secondary N) is 1. The molecule has 1 heterocycles. The van der Waals surface area contributed by atoms with Gasteiger partial charge in [0.25, 0.3) is 5.91 Å². The predicted octanol–water partition coefficient (Wildman–Crippen LogP) is 2.34. The summed E-state index contributed by atoms with van der Waals surface area (Å²) in [5.41, 5.74) is 0.477. The van der Waals surface area contributed by atoms with E-state index in [9.17, 15) is 13.2 Å². The number of anilines is 1. The Morgan fingerprint density at radius 1 is 1.32 bits per heavy atom. The zero-order valence-electron chi connectivity index (χ0n) is 12.1. The van der Waals surface area contributed by atoms with Gasteiger partial charge in [-0.1, -0.05) is 12.8 Å². The van der Waals surface area contributed by atoms with Crippen LogP contribution in [0.3, 0.4) is 0 Å². The number of carbonyl (C=O) groups is 1. The molecule has 1 aliphatic carbocycles. The fraction of sp³-hybridized carbons (Fsp3) is 0.500. The Morgan fingerprint density at radius 2 is 2.00 bits per heavy atom. The highest BCUT2D eigenvalue weighted by Gasteiger charge is 2.32. The molecule has 2 aliphatic rings. The Balaban J connectivity index is 1.98. The average Bonchev–Trinajstić information content (AvgIpc) is 2.99. The van der Waals surface area contributed by atoms with E-state index in [0.29, 0.717) is 15.9 Å². The number of carbonyl (C=O) groups excluding carboxylic acids is 1. The van der Waals surface area contributed by atoms with Crippen molar-refractivity contribution in [3.63, 3.8) is 0 Å². The van der Waals surface area contributed by atoms with Gasteiger partial charge in [-0.2, -0.15) is 4.31 Å². The van der Waals surface area contributed by atoms with Crippen LogP contribution in [0.25, 0.3) is 0 Å². The highest BCUT2D eigenvalue weighted by Crippen LogP contribution is 2.38. The van der Waals surface area contributed by atoms with Crippen molar-refractivity contribution in [2.75, 3.05) is 19.0 Å². The van der Waals surface area contributed by atoms with Crippen molar-refractivity contribution in [2.45, 2.75) is 36.6 Å². The van der Waals surface area contributed by atoms with Gasteiger partial charge in [-0.05, 0) is 34.8 Å². The zero-order chi connectivity index (χ0) is 15.9. The minimum absolute atomic E-state index is 0.0496. The van der Waals surface area contributed by atoms with Gasteiger partial charge in [-0.3, -0.25) is 4.79 Å². The van der Waals surface area contributed by atoms with Gasteiger partial charge in [-0.25, -0.2) is 8.42 Å². The minimum atomic E-state index is -3.61. The van der Waals surface area contributed by atoms with E-state index >= 15 is 0 Å². The average molecular weight is 389 g/mol. The molecule has 1 N–H and O–H groups in total. The Kier molecular flexibility index (Phi) is 4.17. The first-order valence-electron chi connectivity index (χ1n) is 7.14. The van der Waals surface area contributed by atoms with Crippen LogP contribution in [0, 0.1) is 0 Å². The quantitative estimate of drug-likeness (QED) is 0.861. The summed E-state index contributed by atoms with van der Waals surface area (Å²) in [5, 5.41) is 2.66. The molecule has 8 heteroatoms. The lowest BCUT2D eigenvalue weighted by molar-refractivity contribution is -0.118. The molecule has 0 radical (unpaired) electrons. The molecule has 1 aromatic carbocycles. The summed E-state index contributed by atoms with van der Waals surface area (Å²) >= 11 is 3.30. The first kappa shape index (κ1) is 15.8. The summed E-state index contributed by atoms with van der Waals surface area (Å²) in [6.07, 6.45) is 3.91. The summed E-state index contributed by atoms with van der Waals surface area (Å²) in [4.78, 5) is 11.5. The van der Waals surface area contributed by atoms with Gasteiger partial charge >= 0.3 is 0 Å². The highest BCUT2D eigenvalue weighted by atomic mass is 79.9. The molecule has 1 aromatic rings. The van der Waals surface area contributed by atoms with E-state index in [1.807, 2.05) is 0 Å². The Labute approximate surface area is 138 Å². The van der Waals surface area contributed by atoms with Crippen molar-refractivity contribution in [3.8, 4) is 5.75 Å². The fourth-order valence-corrected chi connectivity index (χ4v) is 5.33. The van der Waals surface area contributed by atoms with Crippen LogP contribution in [0.15, 0.2) is 21.5 Å². The van der Waals surface area contributed by atoms with E-state index in [1.54, 1.807) is 13.1 Å². The van der Waals surface area contributed by atoms with E-state index < -0.39 is 10.0 Å². The van der Waals surface area contributed by atoms with E-state index in [0.717, 1.165) is 25.7 Å². The Bertz CT molecular complexity index is 714. The standard InChI is InChI=1S/C14H17BrN2O4S/c1-17(9-4-2-3-5-9)22(19,20)13-7-12-11(6-10(13)15)16-14(18)8-21-12/h6-7,9H,2-5,8H2,1H3,(H,16,18). The van der Waals surface area contributed by atoms with E-state index in [2.05, 4.69) is 21.2 Å².